The summed E-state index contributed by atoms with van der Waals surface area (Å²) in [5.41, 5.74) is 10.0. The Kier molecular flexibility index (Phi) is 3.21. The zero-order valence-corrected chi connectivity index (χ0v) is 7.75. The fourth-order valence-electron chi connectivity index (χ4n) is 1.16. The van der Waals surface area contributed by atoms with Crippen molar-refractivity contribution in [3.8, 4) is 5.75 Å². The third-order valence-corrected chi connectivity index (χ3v) is 2.01. The minimum absolute atomic E-state index is 0.0545. The summed E-state index contributed by atoms with van der Waals surface area (Å²) in [4.78, 5) is 0. The van der Waals surface area contributed by atoms with E-state index in [0.29, 0.717) is 6.07 Å². The number of halogens is 3. The Morgan fingerprint density at radius 1 is 1.33 bits per heavy atom. The molecular weight excluding hydrogens is 209 g/mol. The zero-order valence-electron chi connectivity index (χ0n) is 7.75. The minimum atomic E-state index is -4.47. The summed E-state index contributed by atoms with van der Waals surface area (Å²) >= 11 is 0. The van der Waals surface area contributed by atoms with Crippen LogP contribution in [-0.4, -0.2) is 11.7 Å². The molecule has 0 bridgehead atoms. The van der Waals surface area contributed by atoms with Crippen molar-refractivity contribution >= 4 is 0 Å². The summed E-state index contributed by atoms with van der Waals surface area (Å²) in [6.07, 6.45) is -4.47. The molecule has 84 valence electrons. The van der Waals surface area contributed by atoms with Crippen molar-refractivity contribution in [1.29, 1.82) is 0 Å². The first kappa shape index (κ1) is 11.8. The number of phenolic OH excluding ortho intramolecular Hbond substituents is 1. The van der Waals surface area contributed by atoms with Crippen LogP contribution in [0, 0.1) is 0 Å². The summed E-state index contributed by atoms with van der Waals surface area (Å²) in [6.45, 7) is 0.0545. The first-order valence-electron chi connectivity index (χ1n) is 4.22. The van der Waals surface area contributed by atoms with Gasteiger partial charge in [-0.25, -0.2) is 0 Å². The molecular formula is C9H11F3N2O. The van der Waals surface area contributed by atoms with Gasteiger partial charge in [0.05, 0.1) is 5.56 Å². The predicted octanol–water partition coefficient (Wildman–Crippen LogP) is 1.37. The summed E-state index contributed by atoms with van der Waals surface area (Å²) in [5, 5.41) is 9.32. The highest BCUT2D eigenvalue weighted by Crippen LogP contribution is 2.33. The van der Waals surface area contributed by atoms with Gasteiger partial charge < -0.3 is 16.6 Å². The smallest absolute Gasteiger partial charge is 0.416 e. The molecule has 0 saturated heterocycles. The van der Waals surface area contributed by atoms with E-state index in [9.17, 15) is 18.3 Å². The SMILES string of the molecule is NC[C@@H](N)c1ccc(C(F)(F)F)cc1O. The molecule has 1 aromatic rings. The Labute approximate surface area is 84.5 Å². The molecule has 0 aromatic heterocycles. The van der Waals surface area contributed by atoms with Gasteiger partial charge in [-0.1, -0.05) is 6.07 Å². The lowest BCUT2D eigenvalue weighted by molar-refractivity contribution is -0.137. The van der Waals surface area contributed by atoms with Crippen LogP contribution < -0.4 is 11.5 Å². The summed E-state index contributed by atoms with van der Waals surface area (Å²) in [5.74, 6) is -0.484. The van der Waals surface area contributed by atoms with E-state index >= 15 is 0 Å². The number of phenols is 1. The highest BCUT2D eigenvalue weighted by Gasteiger charge is 2.31. The molecule has 0 aliphatic rings. The highest BCUT2D eigenvalue weighted by molar-refractivity contribution is 5.39. The number of aromatic hydroxyl groups is 1. The maximum atomic E-state index is 12.2. The fourth-order valence-corrected chi connectivity index (χ4v) is 1.16. The molecule has 0 heterocycles. The van der Waals surface area contributed by atoms with Crippen molar-refractivity contribution in [3.63, 3.8) is 0 Å². The van der Waals surface area contributed by atoms with Crippen LogP contribution in [0.3, 0.4) is 0 Å². The van der Waals surface area contributed by atoms with Crippen LogP contribution in [0.15, 0.2) is 18.2 Å². The van der Waals surface area contributed by atoms with Gasteiger partial charge in [-0.15, -0.1) is 0 Å². The Bertz CT molecular complexity index is 352. The molecule has 1 atom stereocenters. The van der Waals surface area contributed by atoms with Crippen LogP contribution in [0.2, 0.25) is 0 Å². The topological polar surface area (TPSA) is 72.3 Å². The van der Waals surface area contributed by atoms with Crippen molar-refractivity contribution < 1.29 is 18.3 Å². The normalized spacial score (nSPS) is 13.9. The number of rotatable bonds is 2. The predicted molar refractivity (Wildman–Crippen MR) is 49.1 cm³/mol. The Morgan fingerprint density at radius 2 is 1.93 bits per heavy atom. The maximum absolute atomic E-state index is 12.2. The molecule has 0 unspecified atom stereocenters. The molecule has 1 rings (SSSR count). The lowest BCUT2D eigenvalue weighted by Gasteiger charge is -2.13. The van der Waals surface area contributed by atoms with Gasteiger partial charge in [0.2, 0.25) is 0 Å². The first-order chi connectivity index (χ1) is 6.86. The Morgan fingerprint density at radius 3 is 2.33 bits per heavy atom. The van der Waals surface area contributed by atoms with Crippen molar-refractivity contribution in [1.82, 2.24) is 0 Å². The van der Waals surface area contributed by atoms with Gasteiger partial charge in [0.25, 0.3) is 0 Å². The summed E-state index contributed by atoms with van der Waals surface area (Å²) < 4.78 is 36.6. The van der Waals surface area contributed by atoms with Crippen molar-refractivity contribution in [2.24, 2.45) is 11.5 Å². The number of hydrogen-bond acceptors (Lipinski definition) is 3. The van der Waals surface area contributed by atoms with E-state index in [4.69, 9.17) is 11.5 Å². The molecule has 0 aliphatic heterocycles. The second kappa shape index (κ2) is 4.08. The average molecular weight is 220 g/mol. The Balaban J connectivity index is 3.09. The van der Waals surface area contributed by atoms with E-state index in [-0.39, 0.29) is 12.1 Å². The third-order valence-electron chi connectivity index (χ3n) is 2.01. The standard InChI is InChI=1S/C9H11F3N2O/c10-9(11,12)5-1-2-6(7(14)4-13)8(15)3-5/h1-3,7,15H,4,13-14H2/t7-/m1/s1. The fraction of sp³-hybridized carbons (Fsp3) is 0.333. The molecule has 15 heavy (non-hydrogen) atoms. The second-order valence-electron chi connectivity index (χ2n) is 3.11. The number of alkyl halides is 3. The number of benzene rings is 1. The van der Waals surface area contributed by atoms with Gasteiger partial charge in [0, 0.05) is 18.2 Å². The number of nitrogens with two attached hydrogens (primary N) is 2. The summed E-state index contributed by atoms with van der Waals surface area (Å²) in [6, 6.07) is 1.98. The minimum Gasteiger partial charge on any atom is -0.508 e. The lowest BCUT2D eigenvalue weighted by atomic mass is 10.0. The van der Waals surface area contributed by atoms with Crippen molar-refractivity contribution in [2.75, 3.05) is 6.54 Å². The monoisotopic (exact) mass is 220 g/mol. The van der Waals surface area contributed by atoms with Gasteiger partial charge >= 0.3 is 6.18 Å². The van der Waals surface area contributed by atoms with Crippen LogP contribution in [0.1, 0.15) is 17.2 Å². The first-order valence-corrected chi connectivity index (χ1v) is 4.22. The molecule has 0 amide bonds. The molecule has 1 aromatic carbocycles. The number of hydrogen-bond donors (Lipinski definition) is 3. The van der Waals surface area contributed by atoms with Crippen LogP contribution in [-0.2, 0) is 6.18 Å². The van der Waals surface area contributed by atoms with Crippen LogP contribution in [0.4, 0.5) is 13.2 Å². The second-order valence-corrected chi connectivity index (χ2v) is 3.11. The Hall–Kier alpha value is -1.27. The summed E-state index contributed by atoms with van der Waals surface area (Å²) in [7, 11) is 0. The largest absolute Gasteiger partial charge is 0.508 e. The van der Waals surface area contributed by atoms with Crippen molar-refractivity contribution in [2.45, 2.75) is 12.2 Å². The average Bonchev–Trinajstić information content (AvgIpc) is 2.15. The van der Waals surface area contributed by atoms with E-state index in [2.05, 4.69) is 0 Å². The van der Waals surface area contributed by atoms with E-state index in [0.717, 1.165) is 12.1 Å². The molecule has 6 heteroatoms. The molecule has 0 aliphatic carbocycles. The van der Waals surface area contributed by atoms with Gasteiger partial charge in [-0.05, 0) is 12.1 Å². The van der Waals surface area contributed by atoms with Crippen molar-refractivity contribution in [3.05, 3.63) is 29.3 Å². The molecule has 0 radical (unpaired) electrons. The molecule has 3 nitrogen and oxygen atoms in total. The zero-order chi connectivity index (χ0) is 11.6. The highest BCUT2D eigenvalue weighted by atomic mass is 19.4. The molecule has 0 fully saturated rings. The van der Waals surface area contributed by atoms with Crippen LogP contribution >= 0.6 is 0 Å². The molecule has 0 saturated carbocycles. The van der Waals surface area contributed by atoms with E-state index in [1.807, 2.05) is 0 Å². The van der Waals surface area contributed by atoms with E-state index in [1.165, 1.54) is 0 Å². The van der Waals surface area contributed by atoms with E-state index < -0.39 is 23.5 Å². The van der Waals surface area contributed by atoms with Crippen LogP contribution in [0.5, 0.6) is 5.75 Å². The quantitative estimate of drug-likeness (QED) is 0.704. The van der Waals surface area contributed by atoms with Crippen LogP contribution in [0.25, 0.3) is 0 Å². The molecule has 0 spiro atoms. The maximum Gasteiger partial charge on any atom is 0.416 e. The van der Waals surface area contributed by atoms with Gasteiger partial charge in [0.15, 0.2) is 0 Å². The van der Waals surface area contributed by atoms with Gasteiger partial charge in [0.1, 0.15) is 5.75 Å². The van der Waals surface area contributed by atoms with Gasteiger partial charge in [-0.3, -0.25) is 0 Å². The lowest BCUT2D eigenvalue weighted by Crippen LogP contribution is -2.21. The molecule has 5 N–H and O–H groups in total. The third kappa shape index (κ3) is 2.60. The van der Waals surface area contributed by atoms with E-state index in [1.54, 1.807) is 0 Å². The van der Waals surface area contributed by atoms with Gasteiger partial charge in [-0.2, -0.15) is 13.2 Å².